The van der Waals surface area contributed by atoms with Crippen LogP contribution >= 0.6 is 11.8 Å². The predicted octanol–water partition coefficient (Wildman–Crippen LogP) is 4.16. The van der Waals surface area contributed by atoms with Gasteiger partial charge < -0.3 is 4.74 Å². The maximum atomic E-state index is 11.2. The highest BCUT2D eigenvalue weighted by molar-refractivity contribution is 7.99. The van der Waals surface area contributed by atoms with Crippen molar-refractivity contribution in [3.05, 3.63) is 59.7 Å². The molecule has 0 radical (unpaired) electrons. The Kier molecular flexibility index (Phi) is 3.79. The number of ether oxygens (including phenoxy) is 1. The highest BCUT2D eigenvalue weighted by Gasteiger charge is 2.23. The molecular weight excluding hydrogens is 268 g/mol. The zero-order valence-electron chi connectivity index (χ0n) is 11.3. The van der Waals surface area contributed by atoms with Crippen LogP contribution in [0.2, 0.25) is 0 Å². The molecule has 2 aromatic carbocycles. The number of carbonyl (C=O) groups is 1. The highest BCUT2D eigenvalue weighted by atomic mass is 32.2. The van der Waals surface area contributed by atoms with Gasteiger partial charge in [-0.3, -0.25) is 4.79 Å². The van der Waals surface area contributed by atoms with Gasteiger partial charge in [0.05, 0.1) is 6.61 Å². The summed E-state index contributed by atoms with van der Waals surface area (Å²) in [7, 11) is 0. The Balaban J connectivity index is 1.64. The summed E-state index contributed by atoms with van der Waals surface area (Å²) in [5.74, 6) is 2.43. The molecule has 0 fully saturated rings. The molecule has 0 amide bonds. The van der Waals surface area contributed by atoms with E-state index in [-0.39, 0.29) is 5.78 Å². The Morgan fingerprint density at radius 3 is 2.70 bits per heavy atom. The predicted molar refractivity (Wildman–Crippen MR) is 81.8 cm³/mol. The number of rotatable bonds is 4. The third-order valence-corrected chi connectivity index (χ3v) is 4.76. The molecule has 0 spiro atoms. The molecule has 0 N–H and O–H groups in total. The smallest absolute Gasteiger partial charge is 0.159 e. The molecule has 2 aromatic rings. The molecule has 20 heavy (non-hydrogen) atoms. The molecule has 1 heterocycles. The Morgan fingerprint density at radius 1 is 1.20 bits per heavy atom. The minimum Gasteiger partial charge on any atom is -0.493 e. The molecule has 0 saturated heterocycles. The molecule has 2 nitrogen and oxygen atoms in total. The Hall–Kier alpha value is -1.74. The number of hydrogen-bond donors (Lipinski definition) is 0. The minimum absolute atomic E-state index is 0.0812. The molecule has 102 valence electrons. The third kappa shape index (κ3) is 2.73. The topological polar surface area (TPSA) is 26.3 Å². The van der Waals surface area contributed by atoms with E-state index in [1.165, 1.54) is 10.5 Å². The van der Waals surface area contributed by atoms with Crippen LogP contribution in [0.1, 0.15) is 28.8 Å². The quantitative estimate of drug-likeness (QED) is 0.789. The van der Waals surface area contributed by atoms with Crippen LogP contribution in [0.15, 0.2) is 53.4 Å². The molecule has 1 unspecified atom stereocenters. The van der Waals surface area contributed by atoms with Crippen molar-refractivity contribution in [3.63, 3.8) is 0 Å². The fourth-order valence-corrected chi connectivity index (χ4v) is 3.58. The lowest BCUT2D eigenvalue weighted by Gasteiger charge is -2.12. The van der Waals surface area contributed by atoms with E-state index in [4.69, 9.17) is 4.74 Å². The number of carbonyl (C=O) groups excluding carboxylic acids is 1. The molecule has 0 aliphatic carbocycles. The van der Waals surface area contributed by atoms with E-state index in [0.29, 0.717) is 12.5 Å². The Bertz CT molecular complexity index is 619. The largest absolute Gasteiger partial charge is 0.493 e. The summed E-state index contributed by atoms with van der Waals surface area (Å²) in [6.07, 6.45) is 0. The molecule has 3 heteroatoms. The van der Waals surface area contributed by atoms with Gasteiger partial charge in [0.25, 0.3) is 0 Å². The first-order valence-electron chi connectivity index (χ1n) is 6.69. The van der Waals surface area contributed by atoms with Crippen molar-refractivity contribution in [3.8, 4) is 5.75 Å². The van der Waals surface area contributed by atoms with Gasteiger partial charge in [0.15, 0.2) is 5.78 Å². The normalized spacial score (nSPS) is 16.8. The van der Waals surface area contributed by atoms with Gasteiger partial charge in [-0.1, -0.05) is 18.2 Å². The number of hydrogen-bond acceptors (Lipinski definition) is 3. The summed E-state index contributed by atoms with van der Waals surface area (Å²) in [4.78, 5) is 12.6. The van der Waals surface area contributed by atoms with Crippen molar-refractivity contribution in [1.82, 2.24) is 0 Å². The average Bonchev–Trinajstić information content (AvgIpc) is 2.89. The Morgan fingerprint density at radius 2 is 1.95 bits per heavy atom. The number of fused-ring (bicyclic) bond motifs is 1. The van der Waals surface area contributed by atoms with Crippen molar-refractivity contribution < 1.29 is 9.53 Å². The number of thioether (sulfide) groups is 1. The molecule has 1 atom stereocenters. The number of ketones is 1. The molecular formula is C17H16O2S. The van der Waals surface area contributed by atoms with E-state index in [1.807, 2.05) is 36.0 Å². The summed E-state index contributed by atoms with van der Waals surface area (Å²) in [5.41, 5.74) is 2.11. The highest BCUT2D eigenvalue weighted by Crippen LogP contribution is 2.39. The van der Waals surface area contributed by atoms with E-state index in [0.717, 1.165) is 17.1 Å². The second-order valence-corrected chi connectivity index (χ2v) is 6.00. The molecule has 1 aliphatic rings. The lowest BCUT2D eigenvalue weighted by atomic mass is 10.0. The SMILES string of the molecule is CC(=O)c1ccc(OCC2CSc3ccccc32)cc1. The van der Waals surface area contributed by atoms with Gasteiger partial charge in [0.2, 0.25) is 0 Å². The van der Waals surface area contributed by atoms with Crippen LogP contribution in [-0.2, 0) is 0 Å². The standard InChI is InChI=1S/C17H16O2S/c1-12(18)13-6-8-15(9-7-13)19-10-14-11-20-17-5-3-2-4-16(14)17/h2-9,14H,10-11H2,1H3. The zero-order valence-corrected chi connectivity index (χ0v) is 12.2. The molecule has 0 saturated carbocycles. The summed E-state index contributed by atoms with van der Waals surface area (Å²) in [6.45, 7) is 2.26. The molecule has 1 aliphatic heterocycles. The fourth-order valence-electron chi connectivity index (χ4n) is 2.35. The van der Waals surface area contributed by atoms with E-state index in [2.05, 4.69) is 24.3 Å². The van der Waals surface area contributed by atoms with Gasteiger partial charge in [-0.15, -0.1) is 11.8 Å². The van der Waals surface area contributed by atoms with Crippen LogP contribution in [-0.4, -0.2) is 18.1 Å². The van der Waals surface area contributed by atoms with Crippen LogP contribution in [0.4, 0.5) is 0 Å². The second-order valence-electron chi connectivity index (χ2n) is 4.94. The van der Waals surface area contributed by atoms with Gasteiger partial charge in [0.1, 0.15) is 5.75 Å². The van der Waals surface area contributed by atoms with Crippen LogP contribution < -0.4 is 4.74 Å². The van der Waals surface area contributed by atoms with Crippen molar-refractivity contribution in [1.29, 1.82) is 0 Å². The van der Waals surface area contributed by atoms with E-state index in [1.54, 1.807) is 6.92 Å². The monoisotopic (exact) mass is 284 g/mol. The first kappa shape index (κ1) is 13.3. The van der Waals surface area contributed by atoms with Crippen molar-refractivity contribution in [2.24, 2.45) is 0 Å². The van der Waals surface area contributed by atoms with Crippen molar-refractivity contribution >= 4 is 17.5 Å². The number of Topliss-reactive ketones (excluding diaryl/α,β-unsaturated/α-hetero) is 1. The summed E-state index contributed by atoms with van der Waals surface area (Å²) >= 11 is 1.89. The molecule has 3 rings (SSSR count). The van der Waals surface area contributed by atoms with Crippen LogP contribution in [0.5, 0.6) is 5.75 Å². The molecule has 0 bridgehead atoms. The first-order chi connectivity index (χ1) is 9.74. The average molecular weight is 284 g/mol. The maximum Gasteiger partial charge on any atom is 0.159 e. The van der Waals surface area contributed by atoms with Gasteiger partial charge in [-0.2, -0.15) is 0 Å². The summed E-state index contributed by atoms with van der Waals surface area (Å²) in [5, 5.41) is 0. The van der Waals surface area contributed by atoms with Gasteiger partial charge >= 0.3 is 0 Å². The van der Waals surface area contributed by atoms with Crippen molar-refractivity contribution in [2.45, 2.75) is 17.7 Å². The lowest BCUT2D eigenvalue weighted by Crippen LogP contribution is -2.09. The summed E-state index contributed by atoms with van der Waals surface area (Å²) in [6, 6.07) is 15.9. The lowest BCUT2D eigenvalue weighted by molar-refractivity contribution is 0.101. The van der Waals surface area contributed by atoms with E-state index >= 15 is 0 Å². The van der Waals surface area contributed by atoms with E-state index < -0.39 is 0 Å². The maximum absolute atomic E-state index is 11.2. The van der Waals surface area contributed by atoms with Gasteiger partial charge in [0, 0.05) is 22.1 Å². The fraction of sp³-hybridized carbons (Fsp3) is 0.235. The minimum atomic E-state index is 0.0812. The summed E-state index contributed by atoms with van der Waals surface area (Å²) < 4.78 is 5.86. The first-order valence-corrected chi connectivity index (χ1v) is 7.68. The van der Waals surface area contributed by atoms with Crippen molar-refractivity contribution in [2.75, 3.05) is 12.4 Å². The number of benzene rings is 2. The van der Waals surface area contributed by atoms with Gasteiger partial charge in [-0.05, 0) is 42.8 Å². The van der Waals surface area contributed by atoms with Gasteiger partial charge in [-0.25, -0.2) is 0 Å². The van der Waals surface area contributed by atoms with Crippen LogP contribution in [0.25, 0.3) is 0 Å². The molecule has 0 aromatic heterocycles. The second kappa shape index (κ2) is 5.71. The third-order valence-electron chi connectivity index (χ3n) is 3.51. The van der Waals surface area contributed by atoms with E-state index in [9.17, 15) is 4.79 Å². The Labute approximate surface area is 123 Å². The zero-order chi connectivity index (χ0) is 13.9. The van der Waals surface area contributed by atoms with Crippen LogP contribution in [0.3, 0.4) is 0 Å². The van der Waals surface area contributed by atoms with Crippen LogP contribution in [0, 0.1) is 0 Å².